The molecule has 1 N–H and O–H groups in total. The number of carboxylic acids is 1. The summed E-state index contributed by atoms with van der Waals surface area (Å²) in [4.78, 5) is 39.9. The lowest BCUT2D eigenvalue weighted by molar-refractivity contribution is 0.0531. The summed E-state index contributed by atoms with van der Waals surface area (Å²) in [7, 11) is 0. The zero-order valence-corrected chi connectivity index (χ0v) is 14.5. The lowest BCUT2D eigenvalue weighted by atomic mass is 10.1. The molecule has 2 amide bonds. The fourth-order valence-electron chi connectivity index (χ4n) is 3.10. The second kappa shape index (κ2) is 7.39. The predicted octanol–water partition coefficient (Wildman–Crippen LogP) is 2.29. The van der Waals surface area contributed by atoms with Crippen molar-refractivity contribution in [2.45, 2.75) is 6.92 Å². The van der Waals surface area contributed by atoms with E-state index >= 15 is 0 Å². The van der Waals surface area contributed by atoms with Crippen LogP contribution in [-0.4, -0.2) is 58.9 Å². The lowest BCUT2D eigenvalue weighted by Crippen LogP contribution is -2.50. The van der Waals surface area contributed by atoms with E-state index in [-0.39, 0.29) is 22.9 Å². The van der Waals surface area contributed by atoms with Gasteiger partial charge in [0, 0.05) is 31.7 Å². The summed E-state index contributed by atoms with van der Waals surface area (Å²) in [5.74, 6) is -1.49. The topological polar surface area (TPSA) is 77.9 Å². The van der Waals surface area contributed by atoms with Crippen molar-refractivity contribution in [3.05, 3.63) is 70.8 Å². The third-order valence-electron chi connectivity index (χ3n) is 4.51. The molecule has 26 heavy (non-hydrogen) atoms. The van der Waals surface area contributed by atoms with Gasteiger partial charge in [0.25, 0.3) is 11.8 Å². The Morgan fingerprint density at radius 1 is 0.808 bits per heavy atom. The molecule has 2 aromatic carbocycles. The van der Waals surface area contributed by atoms with Gasteiger partial charge in [0.2, 0.25) is 0 Å². The average Bonchev–Trinajstić information content (AvgIpc) is 2.67. The van der Waals surface area contributed by atoms with Gasteiger partial charge in [-0.15, -0.1) is 0 Å². The summed E-state index contributed by atoms with van der Waals surface area (Å²) in [5, 5.41) is 9.25. The van der Waals surface area contributed by atoms with E-state index in [4.69, 9.17) is 0 Å². The van der Waals surface area contributed by atoms with E-state index in [1.54, 1.807) is 28.0 Å². The maximum atomic E-state index is 12.7. The molecular formula is C20H20N2O4. The second-order valence-corrected chi connectivity index (χ2v) is 6.30. The highest BCUT2D eigenvalue weighted by molar-refractivity contribution is 6.04. The van der Waals surface area contributed by atoms with Gasteiger partial charge in [0.15, 0.2) is 0 Å². The van der Waals surface area contributed by atoms with Crippen LogP contribution in [0.15, 0.2) is 48.5 Å². The summed E-state index contributed by atoms with van der Waals surface area (Å²) in [6.45, 7) is 3.55. The Hall–Kier alpha value is -3.15. The van der Waals surface area contributed by atoms with Crippen molar-refractivity contribution in [2.75, 3.05) is 26.2 Å². The number of benzene rings is 2. The Balaban J connectivity index is 1.68. The number of rotatable bonds is 3. The Labute approximate surface area is 151 Å². The first-order valence-corrected chi connectivity index (χ1v) is 8.45. The van der Waals surface area contributed by atoms with Crippen LogP contribution in [0.25, 0.3) is 0 Å². The fourth-order valence-corrected chi connectivity index (χ4v) is 3.10. The minimum Gasteiger partial charge on any atom is -0.478 e. The van der Waals surface area contributed by atoms with Crippen molar-refractivity contribution in [3.8, 4) is 0 Å². The van der Waals surface area contributed by atoms with Crippen molar-refractivity contribution in [1.82, 2.24) is 9.80 Å². The molecular weight excluding hydrogens is 332 g/mol. The number of hydrogen-bond acceptors (Lipinski definition) is 3. The van der Waals surface area contributed by atoms with Crippen molar-refractivity contribution in [2.24, 2.45) is 0 Å². The number of aryl methyl sites for hydroxylation is 1. The molecule has 1 fully saturated rings. The Morgan fingerprint density at radius 2 is 1.38 bits per heavy atom. The van der Waals surface area contributed by atoms with E-state index in [1.165, 1.54) is 12.1 Å². The normalized spacial score (nSPS) is 14.2. The van der Waals surface area contributed by atoms with E-state index in [2.05, 4.69) is 0 Å². The van der Waals surface area contributed by atoms with Gasteiger partial charge in [0.1, 0.15) is 0 Å². The summed E-state index contributed by atoms with van der Waals surface area (Å²) < 4.78 is 0. The molecule has 0 unspecified atom stereocenters. The molecule has 0 bridgehead atoms. The highest BCUT2D eigenvalue weighted by atomic mass is 16.4. The lowest BCUT2D eigenvalue weighted by Gasteiger charge is -2.35. The molecule has 6 heteroatoms. The van der Waals surface area contributed by atoms with Gasteiger partial charge in [-0.05, 0) is 31.2 Å². The van der Waals surface area contributed by atoms with Gasteiger partial charge in [0.05, 0.1) is 11.1 Å². The number of nitrogens with zero attached hydrogens (tertiary/aromatic N) is 2. The molecule has 1 heterocycles. The van der Waals surface area contributed by atoms with Crippen molar-refractivity contribution < 1.29 is 19.5 Å². The molecule has 3 rings (SSSR count). The van der Waals surface area contributed by atoms with Gasteiger partial charge in [-0.3, -0.25) is 9.59 Å². The van der Waals surface area contributed by atoms with Crippen LogP contribution in [0.5, 0.6) is 0 Å². The molecule has 134 valence electrons. The van der Waals surface area contributed by atoms with Gasteiger partial charge >= 0.3 is 5.97 Å². The third-order valence-corrected chi connectivity index (χ3v) is 4.51. The number of amides is 2. The Morgan fingerprint density at radius 3 is 1.96 bits per heavy atom. The summed E-state index contributed by atoms with van der Waals surface area (Å²) in [6, 6.07) is 13.6. The molecule has 6 nitrogen and oxygen atoms in total. The van der Waals surface area contributed by atoms with Crippen LogP contribution in [0.2, 0.25) is 0 Å². The largest absolute Gasteiger partial charge is 0.478 e. The van der Waals surface area contributed by atoms with E-state index in [0.717, 1.165) is 5.56 Å². The smallest absolute Gasteiger partial charge is 0.336 e. The van der Waals surface area contributed by atoms with E-state index in [9.17, 15) is 19.5 Å². The maximum absolute atomic E-state index is 12.7. The molecule has 2 aromatic rings. The maximum Gasteiger partial charge on any atom is 0.336 e. The number of carbonyl (C=O) groups is 3. The SMILES string of the molecule is Cc1cccc(C(=O)N2CCN(C(=O)c3ccccc3C(=O)O)CC2)c1. The molecule has 1 saturated heterocycles. The summed E-state index contributed by atoms with van der Waals surface area (Å²) in [5.41, 5.74) is 1.84. The first-order chi connectivity index (χ1) is 12.5. The van der Waals surface area contributed by atoms with Crippen LogP contribution in [0.4, 0.5) is 0 Å². The number of aromatic carboxylic acids is 1. The van der Waals surface area contributed by atoms with E-state index in [0.29, 0.717) is 31.7 Å². The number of carboxylic acid groups (broad SMARTS) is 1. The van der Waals surface area contributed by atoms with Gasteiger partial charge in [-0.2, -0.15) is 0 Å². The highest BCUT2D eigenvalue weighted by Crippen LogP contribution is 2.15. The zero-order valence-electron chi connectivity index (χ0n) is 14.5. The summed E-state index contributed by atoms with van der Waals surface area (Å²) >= 11 is 0. The highest BCUT2D eigenvalue weighted by Gasteiger charge is 2.27. The molecule has 0 radical (unpaired) electrons. The van der Waals surface area contributed by atoms with Crippen LogP contribution in [0.1, 0.15) is 36.6 Å². The fraction of sp³-hybridized carbons (Fsp3) is 0.250. The Bertz CT molecular complexity index is 854. The minimum atomic E-state index is -1.12. The van der Waals surface area contributed by atoms with E-state index in [1.807, 2.05) is 25.1 Å². The standard InChI is InChI=1S/C20H20N2O4/c1-14-5-4-6-15(13-14)18(23)21-9-11-22(12-10-21)19(24)16-7-2-3-8-17(16)20(25)26/h2-8,13H,9-12H2,1H3,(H,25,26). The van der Waals surface area contributed by atoms with Crippen molar-refractivity contribution >= 4 is 17.8 Å². The van der Waals surface area contributed by atoms with Crippen LogP contribution < -0.4 is 0 Å². The minimum absolute atomic E-state index is 0.00392. The van der Waals surface area contributed by atoms with Gasteiger partial charge in [-0.1, -0.05) is 29.8 Å². The van der Waals surface area contributed by atoms with Crippen molar-refractivity contribution in [3.63, 3.8) is 0 Å². The molecule has 0 spiro atoms. The van der Waals surface area contributed by atoms with Crippen LogP contribution in [0, 0.1) is 6.92 Å². The number of carbonyl (C=O) groups excluding carboxylic acids is 2. The third kappa shape index (κ3) is 3.59. The molecule has 0 aliphatic carbocycles. The second-order valence-electron chi connectivity index (χ2n) is 6.30. The van der Waals surface area contributed by atoms with E-state index < -0.39 is 5.97 Å². The number of hydrogen-bond donors (Lipinski definition) is 1. The van der Waals surface area contributed by atoms with Crippen LogP contribution in [0.3, 0.4) is 0 Å². The predicted molar refractivity (Wildman–Crippen MR) is 96.4 cm³/mol. The number of piperazine rings is 1. The quantitative estimate of drug-likeness (QED) is 0.919. The molecule has 0 saturated carbocycles. The average molecular weight is 352 g/mol. The monoisotopic (exact) mass is 352 g/mol. The van der Waals surface area contributed by atoms with Crippen molar-refractivity contribution in [1.29, 1.82) is 0 Å². The molecule has 0 aromatic heterocycles. The molecule has 0 atom stereocenters. The first-order valence-electron chi connectivity index (χ1n) is 8.45. The van der Waals surface area contributed by atoms with Gasteiger partial charge in [-0.25, -0.2) is 4.79 Å². The summed E-state index contributed by atoms with van der Waals surface area (Å²) in [6.07, 6.45) is 0. The zero-order chi connectivity index (χ0) is 18.7. The van der Waals surface area contributed by atoms with Crippen LogP contribution >= 0.6 is 0 Å². The van der Waals surface area contributed by atoms with Crippen LogP contribution in [-0.2, 0) is 0 Å². The molecule has 1 aliphatic heterocycles. The molecule has 1 aliphatic rings. The van der Waals surface area contributed by atoms with Gasteiger partial charge < -0.3 is 14.9 Å². The first kappa shape index (κ1) is 17.7. The Kier molecular flexibility index (Phi) is 5.02.